The molecular weight excluding hydrogens is 486 g/mol. The first-order valence-corrected chi connectivity index (χ1v) is 12.1. The Morgan fingerprint density at radius 1 is 0.921 bits per heavy atom. The zero-order valence-corrected chi connectivity index (χ0v) is 21.6. The van der Waals surface area contributed by atoms with Crippen LogP contribution < -0.4 is 9.47 Å². The van der Waals surface area contributed by atoms with Crippen LogP contribution >= 0.6 is 0 Å². The maximum atomic E-state index is 13.4. The number of rotatable bonds is 8. The number of aliphatic hydroxyl groups is 1. The average molecular weight is 516 g/mol. The lowest BCUT2D eigenvalue weighted by Gasteiger charge is -2.26. The fourth-order valence-electron chi connectivity index (χ4n) is 4.41. The van der Waals surface area contributed by atoms with E-state index in [1.807, 2.05) is 13.8 Å². The van der Waals surface area contributed by atoms with Gasteiger partial charge in [0, 0.05) is 12.1 Å². The second-order valence-electron chi connectivity index (χ2n) is 9.09. The number of methoxy groups -OCH3 is 2. The van der Waals surface area contributed by atoms with E-state index in [-0.39, 0.29) is 24.0 Å². The van der Waals surface area contributed by atoms with Crippen molar-refractivity contribution in [1.82, 2.24) is 4.90 Å². The van der Waals surface area contributed by atoms with Gasteiger partial charge in [-0.25, -0.2) is 4.79 Å². The van der Waals surface area contributed by atoms with Crippen molar-refractivity contribution in [2.75, 3.05) is 14.2 Å². The van der Waals surface area contributed by atoms with E-state index in [1.54, 1.807) is 72.8 Å². The van der Waals surface area contributed by atoms with Gasteiger partial charge in [0.2, 0.25) is 0 Å². The van der Waals surface area contributed by atoms with Crippen LogP contribution in [0.15, 0.2) is 78.4 Å². The number of nitrogens with zero attached hydrogens (tertiary/aromatic N) is 1. The molecule has 1 fully saturated rings. The van der Waals surface area contributed by atoms with Crippen LogP contribution in [0, 0.1) is 0 Å². The molecule has 0 spiro atoms. The molecule has 1 aliphatic heterocycles. The van der Waals surface area contributed by atoms with Crippen LogP contribution in [0.4, 0.5) is 0 Å². The second-order valence-corrected chi connectivity index (χ2v) is 9.09. The van der Waals surface area contributed by atoms with Gasteiger partial charge in [0.05, 0.1) is 37.5 Å². The van der Waals surface area contributed by atoms with E-state index in [1.165, 1.54) is 19.1 Å². The van der Waals surface area contributed by atoms with E-state index >= 15 is 0 Å². The molecule has 3 aromatic rings. The lowest BCUT2D eigenvalue weighted by molar-refractivity contribution is -0.140. The molecule has 1 heterocycles. The number of Topliss-reactive ketones (excluding diaryl/α,β-unsaturated/α-hetero) is 1. The van der Waals surface area contributed by atoms with E-state index < -0.39 is 23.7 Å². The molecule has 196 valence electrons. The minimum atomic E-state index is -0.875. The summed E-state index contributed by atoms with van der Waals surface area (Å²) in [5.41, 5.74) is 1.99. The lowest BCUT2D eigenvalue weighted by atomic mass is 9.95. The first-order chi connectivity index (χ1) is 18.2. The zero-order chi connectivity index (χ0) is 27.4. The van der Waals surface area contributed by atoms with E-state index in [0.29, 0.717) is 33.8 Å². The summed E-state index contributed by atoms with van der Waals surface area (Å²) in [5, 5.41) is 11.4. The monoisotopic (exact) mass is 515 g/mol. The Bertz CT molecular complexity index is 1390. The van der Waals surface area contributed by atoms with Crippen molar-refractivity contribution in [2.24, 2.45) is 0 Å². The van der Waals surface area contributed by atoms with Gasteiger partial charge >= 0.3 is 5.97 Å². The van der Waals surface area contributed by atoms with Crippen LogP contribution in [0.3, 0.4) is 0 Å². The number of hydrogen-bond donors (Lipinski definition) is 1. The van der Waals surface area contributed by atoms with Crippen molar-refractivity contribution in [3.05, 3.63) is 101 Å². The van der Waals surface area contributed by atoms with Gasteiger partial charge in [-0.15, -0.1) is 0 Å². The summed E-state index contributed by atoms with van der Waals surface area (Å²) in [7, 11) is 2.83. The molecule has 38 heavy (non-hydrogen) atoms. The van der Waals surface area contributed by atoms with Crippen molar-refractivity contribution >= 4 is 23.4 Å². The smallest absolute Gasteiger partial charge is 0.337 e. The fourth-order valence-corrected chi connectivity index (χ4v) is 4.41. The van der Waals surface area contributed by atoms with Crippen LogP contribution in [-0.4, -0.2) is 48.0 Å². The highest BCUT2D eigenvalue weighted by atomic mass is 16.5. The molecule has 0 aliphatic carbocycles. The van der Waals surface area contributed by atoms with Crippen LogP contribution in [0.2, 0.25) is 0 Å². The Hall–Kier alpha value is -4.59. The lowest BCUT2D eigenvalue weighted by Crippen LogP contribution is -2.29. The Balaban J connectivity index is 1.81. The second kappa shape index (κ2) is 11.2. The van der Waals surface area contributed by atoms with E-state index in [2.05, 4.69) is 0 Å². The normalized spacial score (nSPS) is 16.6. The predicted molar refractivity (Wildman–Crippen MR) is 141 cm³/mol. The third-order valence-corrected chi connectivity index (χ3v) is 6.16. The Morgan fingerprint density at radius 3 is 2.26 bits per heavy atom. The van der Waals surface area contributed by atoms with Crippen molar-refractivity contribution in [3.8, 4) is 11.5 Å². The molecule has 8 heteroatoms. The van der Waals surface area contributed by atoms with Crippen LogP contribution in [-0.2, 0) is 20.9 Å². The highest BCUT2D eigenvalue weighted by Gasteiger charge is 2.46. The molecule has 0 bridgehead atoms. The van der Waals surface area contributed by atoms with Gasteiger partial charge < -0.3 is 24.2 Å². The number of ether oxygens (including phenoxy) is 3. The summed E-state index contributed by atoms with van der Waals surface area (Å²) in [5.74, 6) is -1.24. The quantitative estimate of drug-likeness (QED) is 0.197. The molecule has 1 aliphatic rings. The molecular formula is C30H29NO7. The van der Waals surface area contributed by atoms with Gasteiger partial charge in [-0.1, -0.05) is 36.4 Å². The highest BCUT2D eigenvalue weighted by molar-refractivity contribution is 6.46. The molecule has 1 amide bonds. The van der Waals surface area contributed by atoms with Crippen molar-refractivity contribution in [3.63, 3.8) is 0 Å². The molecule has 0 saturated carbocycles. The zero-order valence-electron chi connectivity index (χ0n) is 21.6. The third kappa shape index (κ3) is 5.39. The topological polar surface area (TPSA) is 102 Å². The molecule has 0 radical (unpaired) electrons. The first kappa shape index (κ1) is 26.5. The number of likely N-dealkylation sites (tertiary alicyclic amines) is 1. The first-order valence-electron chi connectivity index (χ1n) is 12.1. The minimum absolute atomic E-state index is 0.0314. The third-order valence-electron chi connectivity index (χ3n) is 6.16. The van der Waals surface area contributed by atoms with Crippen molar-refractivity contribution < 1.29 is 33.7 Å². The summed E-state index contributed by atoms with van der Waals surface area (Å²) in [4.78, 5) is 39.9. The number of amides is 1. The molecule has 1 N–H and O–H groups in total. The number of carbonyl (C=O) groups excluding carboxylic acids is 3. The fraction of sp³-hybridized carbons (Fsp3) is 0.233. The summed E-state index contributed by atoms with van der Waals surface area (Å²) in [6.07, 6.45) is -0.0830. The molecule has 1 saturated heterocycles. The van der Waals surface area contributed by atoms with Gasteiger partial charge in [0.15, 0.2) is 0 Å². The summed E-state index contributed by atoms with van der Waals surface area (Å²) < 4.78 is 15.9. The maximum absolute atomic E-state index is 13.4. The van der Waals surface area contributed by atoms with Crippen LogP contribution in [0.1, 0.15) is 46.9 Å². The van der Waals surface area contributed by atoms with Gasteiger partial charge in [-0.05, 0) is 61.4 Å². The number of benzene rings is 3. The molecule has 4 rings (SSSR count). The van der Waals surface area contributed by atoms with Crippen LogP contribution in [0.25, 0.3) is 5.76 Å². The Morgan fingerprint density at radius 2 is 1.61 bits per heavy atom. The summed E-state index contributed by atoms with van der Waals surface area (Å²) in [6, 6.07) is 19.5. The summed E-state index contributed by atoms with van der Waals surface area (Å²) in [6.45, 7) is 3.85. The molecule has 8 nitrogen and oxygen atoms in total. The van der Waals surface area contributed by atoms with E-state index in [0.717, 1.165) is 0 Å². The van der Waals surface area contributed by atoms with Gasteiger partial charge in [0.25, 0.3) is 11.7 Å². The Labute approximate surface area is 221 Å². The van der Waals surface area contributed by atoms with Gasteiger partial charge in [0.1, 0.15) is 17.3 Å². The SMILES string of the molecule is COC(=O)c1ccc(CN2C(=O)C(=O)/C(=C(/O)c3cccc(OC(C)C)c3)C2c2cccc(OC)c2)cc1. The molecule has 1 atom stereocenters. The number of esters is 1. The van der Waals surface area contributed by atoms with E-state index in [4.69, 9.17) is 14.2 Å². The Kier molecular flexibility index (Phi) is 7.81. The highest BCUT2D eigenvalue weighted by Crippen LogP contribution is 2.41. The number of aliphatic hydroxyl groups excluding tert-OH is 1. The predicted octanol–water partition coefficient (Wildman–Crippen LogP) is 4.89. The van der Waals surface area contributed by atoms with E-state index in [9.17, 15) is 19.5 Å². The van der Waals surface area contributed by atoms with Crippen molar-refractivity contribution in [1.29, 1.82) is 0 Å². The number of ketones is 1. The number of carbonyl (C=O) groups is 3. The molecule has 1 unspecified atom stereocenters. The minimum Gasteiger partial charge on any atom is -0.507 e. The maximum Gasteiger partial charge on any atom is 0.337 e. The average Bonchev–Trinajstić information content (AvgIpc) is 3.17. The largest absolute Gasteiger partial charge is 0.507 e. The van der Waals surface area contributed by atoms with Crippen molar-refractivity contribution in [2.45, 2.75) is 32.5 Å². The van der Waals surface area contributed by atoms with Gasteiger partial charge in [-0.2, -0.15) is 0 Å². The van der Waals surface area contributed by atoms with Gasteiger partial charge in [-0.3, -0.25) is 9.59 Å². The van der Waals surface area contributed by atoms with Crippen LogP contribution in [0.5, 0.6) is 11.5 Å². The molecule has 3 aromatic carbocycles. The number of hydrogen-bond acceptors (Lipinski definition) is 7. The summed E-state index contributed by atoms with van der Waals surface area (Å²) >= 11 is 0. The standard InChI is InChI=1S/C30H29NO7/c1-18(2)38-24-10-6-8-22(16-24)27(32)25-26(21-7-5-9-23(15-21)36-3)31(29(34)28(25)33)17-19-11-13-20(14-12-19)30(35)37-4/h5-16,18,26,32H,17H2,1-4H3/b27-25+. The molecule has 0 aromatic heterocycles.